The molecule has 1 aromatic carbocycles. The Morgan fingerprint density at radius 3 is 2.40 bits per heavy atom. The fourth-order valence-corrected chi connectivity index (χ4v) is 1.76. The van der Waals surface area contributed by atoms with E-state index in [-0.39, 0.29) is 11.9 Å². The van der Waals surface area contributed by atoms with E-state index in [0.717, 1.165) is 12.0 Å². The molecular formula is C10H12BNO3. The molecular weight excluding hydrogens is 193 g/mol. The molecule has 1 atom stereocenters. The van der Waals surface area contributed by atoms with Crippen LogP contribution in [0.2, 0.25) is 0 Å². The molecule has 0 unspecified atom stereocenters. The van der Waals surface area contributed by atoms with Crippen molar-refractivity contribution >= 4 is 18.5 Å². The van der Waals surface area contributed by atoms with Crippen LogP contribution in [0.1, 0.15) is 24.4 Å². The van der Waals surface area contributed by atoms with E-state index >= 15 is 0 Å². The van der Waals surface area contributed by atoms with Gasteiger partial charge in [0.25, 0.3) is 0 Å². The first kappa shape index (κ1) is 10.2. The first-order valence-electron chi connectivity index (χ1n) is 4.92. The molecule has 1 fully saturated rings. The lowest BCUT2D eigenvalue weighted by atomic mass is 9.80. The molecule has 4 nitrogen and oxygen atoms in total. The third-order valence-electron chi connectivity index (χ3n) is 2.63. The summed E-state index contributed by atoms with van der Waals surface area (Å²) < 4.78 is 0. The van der Waals surface area contributed by atoms with Crippen LogP contribution >= 0.6 is 0 Å². The Balaban J connectivity index is 2.13. The minimum atomic E-state index is -1.43. The Morgan fingerprint density at radius 2 is 1.93 bits per heavy atom. The highest BCUT2D eigenvalue weighted by Gasteiger charge is 2.22. The van der Waals surface area contributed by atoms with Crippen molar-refractivity contribution in [2.75, 3.05) is 0 Å². The highest BCUT2D eigenvalue weighted by Crippen LogP contribution is 2.22. The summed E-state index contributed by atoms with van der Waals surface area (Å²) >= 11 is 0. The molecule has 1 aliphatic heterocycles. The minimum absolute atomic E-state index is 0.0717. The van der Waals surface area contributed by atoms with E-state index in [9.17, 15) is 4.79 Å². The minimum Gasteiger partial charge on any atom is -0.423 e. The van der Waals surface area contributed by atoms with Crippen molar-refractivity contribution in [1.29, 1.82) is 0 Å². The Labute approximate surface area is 88.1 Å². The maximum atomic E-state index is 11.0. The SMILES string of the molecule is O=C1CC[C@@H](c2ccc(B(O)O)cc2)N1. The standard InChI is InChI=1S/C10H12BNO3/c13-10-6-5-9(12-10)7-1-3-8(4-2-7)11(14)15/h1-4,9,14-15H,5-6H2,(H,12,13)/t9-/m0/s1. The normalized spacial score (nSPS) is 20.1. The number of benzene rings is 1. The average molecular weight is 205 g/mol. The van der Waals surface area contributed by atoms with Crippen LogP contribution in [0.25, 0.3) is 0 Å². The van der Waals surface area contributed by atoms with E-state index in [1.165, 1.54) is 0 Å². The maximum absolute atomic E-state index is 11.0. The second-order valence-corrected chi connectivity index (χ2v) is 3.70. The summed E-state index contributed by atoms with van der Waals surface area (Å²) in [6.07, 6.45) is 1.37. The van der Waals surface area contributed by atoms with Gasteiger partial charge in [0.2, 0.25) is 5.91 Å². The highest BCUT2D eigenvalue weighted by atomic mass is 16.4. The van der Waals surface area contributed by atoms with Gasteiger partial charge in [-0.25, -0.2) is 0 Å². The third kappa shape index (κ3) is 2.19. The zero-order valence-corrected chi connectivity index (χ0v) is 8.18. The molecule has 0 radical (unpaired) electrons. The van der Waals surface area contributed by atoms with Crippen molar-refractivity contribution in [1.82, 2.24) is 5.32 Å². The van der Waals surface area contributed by atoms with Gasteiger partial charge in [0.15, 0.2) is 0 Å². The number of rotatable bonds is 2. The zero-order chi connectivity index (χ0) is 10.8. The van der Waals surface area contributed by atoms with Crippen molar-refractivity contribution in [2.45, 2.75) is 18.9 Å². The first-order chi connectivity index (χ1) is 7.16. The van der Waals surface area contributed by atoms with E-state index in [0.29, 0.717) is 11.9 Å². The van der Waals surface area contributed by atoms with Crippen LogP contribution in [0.3, 0.4) is 0 Å². The molecule has 1 amide bonds. The molecule has 0 spiro atoms. The van der Waals surface area contributed by atoms with Crippen molar-refractivity contribution in [3.05, 3.63) is 29.8 Å². The van der Waals surface area contributed by atoms with E-state index in [4.69, 9.17) is 10.0 Å². The first-order valence-corrected chi connectivity index (χ1v) is 4.92. The van der Waals surface area contributed by atoms with E-state index in [1.54, 1.807) is 12.1 Å². The van der Waals surface area contributed by atoms with E-state index in [2.05, 4.69) is 5.32 Å². The van der Waals surface area contributed by atoms with Gasteiger partial charge in [-0.2, -0.15) is 0 Å². The topological polar surface area (TPSA) is 69.6 Å². The van der Waals surface area contributed by atoms with E-state index in [1.807, 2.05) is 12.1 Å². The Bertz CT molecular complexity index is 363. The molecule has 1 saturated heterocycles. The summed E-state index contributed by atoms with van der Waals surface area (Å²) in [5.41, 5.74) is 1.47. The van der Waals surface area contributed by atoms with Crippen LogP contribution in [0.15, 0.2) is 24.3 Å². The number of nitrogens with one attached hydrogen (secondary N) is 1. The van der Waals surface area contributed by atoms with Crippen LogP contribution in [-0.2, 0) is 4.79 Å². The van der Waals surface area contributed by atoms with Crippen LogP contribution in [-0.4, -0.2) is 23.1 Å². The second kappa shape index (κ2) is 4.04. The molecule has 0 saturated carbocycles. The summed E-state index contributed by atoms with van der Waals surface area (Å²) in [6.45, 7) is 0. The maximum Gasteiger partial charge on any atom is 0.488 e. The Morgan fingerprint density at radius 1 is 1.27 bits per heavy atom. The van der Waals surface area contributed by atoms with Crippen LogP contribution in [0.5, 0.6) is 0 Å². The van der Waals surface area contributed by atoms with Gasteiger partial charge in [-0.1, -0.05) is 24.3 Å². The highest BCUT2D eigenvalue weighted by molar-refractivity contribution is 6.58. The third-order valence-corrected chi connectivity index (χ3v) is 2.63. The summed E-state index contributed by atoms with van der Waals surface area (Å²) in [5.74, 6) is 0.0752. The van der Waals surface area contributed by atoms with Crippen molar-refractivity contribution in [3.8, 4) is 0 Å². The van der Waals surface area contributed by atoms with Gasteiger partial charge in [-0.15, -0.1) is 0 Å². The van der Waals surface area contributed by atoms with Gasteiger partial charge < -0.3 is 15.4 Å². The van der Waals surface area contributed by atoms with Gasteiger partial charge >= 0.3 is 7.12 Å². The monoisotopic (exact) mass is 205 g/mol. The number of hydrogen-bond acceptors (Lipinski definition) is 3. The smallest absolute Gasteiger partial charge is 0.423 e. The number of amides is 1. The molecule has 5 heteroatoms. The molecule has 1 aromatic rings. The van der Waals surface area contributed by atoms with Gasteiger partial charge in [-0.3, -0.25) is 4.79 Å². The quantitative estimate of drug-likeness (QED) is 0.560. The fraction of sp³-hybridized carbons (Fsp3) is 0.300. The molecule has 2 rings (SSSR count). The van der Waals surface area contributed by atoms with Crippen molar-refractivity contribution in [3.63, 3.8) is 0 Å². The van der Waals surface area contributed by atoms with E-state index < -0.39 is 7.12 Å². The number of hydrogen-bond donors (Lipinski definition) is 3. The summed E-state index contributed by atoms with van der Waals surface area (Å²) in [4.78, 5) is 11.0. The van der Waals surface area contributed by atoms with Crippen LogP contribution in [0, 0.1) is 0 Å². The largest absolute Gasteiger partial charge is 0.488 e. The molecule has 0 bridgehead atoms. The second-order valence-electron chi connectivity index (χ2n) is 3.70. The molecule has 1 aliphatic rings. The predicted octanol–water partition coefficient (Wildman–Crippen LogP) is -0.683. The molecule has 1 heterocycles. The zero-order valence-electron chi connectivity index (χ0n) is 8.18. The van der Waals surface area contributed by atoms with Gasteiger partial charge in [0.1, 0.15) is 0 Å². The average Bonchev–Trinajstić information content (AvgIpc) is 2.65. The molecule has 15 heavy (non-hydrogen) atoms. The molecule has 3 N–H and O–H groups in total. The lowest BCUT2D eigenvalue weighted by molar-refractivity contribution is -0.119. The lowest BCUT2D eigenvalue weighted by Crippen LogP contribution is -2.29. The predicted molar refractivity (Wildman–Crippen MR) is 56.4 cm³/mol. The lowest BCUT2D eigenvalue weighted by Gasteiger charge is -2.10. The fourth-order valence-electron chi connectivity index (χ4n) is 1.76. The summed E-state index contributed by atoms with van der Waals surface area (Å²) in [7, 11) is -1.43. The molecule has 0 aliphatic carbocycles. The van der Waals surface area contributed by atoms with Gasteiger partial charge in [0.05, 0.1) is 6.04 Å². The number of carbonyl (C=O) groups is 1. The Kier molecular flexibility index (Phi) is 2.75. The van der Waals surface area contributed by atoms with Crippen molar-refractivity contribution in [2.24, 2.45) is 0 Å². The van der Waals surface area contributed by atoms with Gasteiger partial charge in [-0.05, 0) is 17.4 Å². The van der Waals surface area contributed by atoms with Crippen LogP contribution < -0.4 is 10.8 Å². The van der Waals surface area contributed by atoms with Gasteiger partial charge in [0, 0.05) is 6.42 Å². The summed E-state index contributed by atoms with van der Waals surface area (Å²) in [6, 6.07) is 7.01. The van der Waals surface area contributed by atoms with Crippen LogP contribution in [0.4, 0.5) is 0 Å². The Hall–Kier alpha value is -1.33. The molecule has 78 valence electrons. The summed E-state index contributed by atoms with van der Waals surface area (Å²) in [5, 5.41) is 20.7. The molecule has 0 aromatic heterocycles. The number of carbonyl (C=O) groups excluding carboxylic acids is 1. The van der Waals surface area contributed by atoms with Crippen molar-refractivity contribution < 1.29 is 14.8 Å².